The van der Waals surface area contributed by atoms with Crippen molar-refractivity contribution in [3.8, 4) is 17.4 Å². The number of ether oxygens (including phenoxy) is 2. The van der Waals surface area contributed by atoms with Crippen LogP contribution in [0.4, 0.5) is 5.69 Å². The van der Waals surface area contributed by atoms with Crippen molar-refractivity contribution in [3.63, 3.8) is 0 Å². The summed E-state index contributed by atoms with van der Waals surface area (Å²) in [6, 6.07) is 19.9. The van der Waals surface area contributed by atoms with E-state index in [0.29, 0.717) is 29.5 Å². The summed E-state index contributed by atoms with van der Waals surface area (Å²) in [6.45, 7) is -0.141. The van der Waals surface area contributed by atoms with Crippen molar-refractivity contribution in [1.82, 2.24) is 10.3 Å². The zero-order chi connectivity index (χ0) is 20.8. The molecule has 4 rings (SSSR count). The van der Waals surface area contributed by atoms with Crippen molar-refractivity contribution in [2.45, 2.75) is 18.9 Å². The summed E-state index contributed by atoms with van der Waals surface area (Å²) in [5, 5.41) is 5.75. The molecule has 7 nitrogen and oxygen atoms in total. The lowest BCUT2D eigenvalue weighted by Crippen LogP contribution is -2.21. The highest BCUT2D eigenvalue weighted by atomic mass is 16.5. The predicted octanol–water partition coefficient (Wildman–Crippen LogP) is 3.84. The fourth-order valence-corrected chi connectivity index (χ4v) is 3.20. The molecular formula is C23H21N3O4. The molecule has 2 aromatic carbocycles. The van der Waals surface area contributed by atoms with E-state index in [1.165, 1.54) is 0 Å². The molecule has 2 heterocycles. The first-order valence-electron chi connectivity index (χ1n) is 9.67. The molecule has 1 atom stereocenters. The maximum atomic E-state index is 12.3. The van der Waals surface area contributed by atoms with Gasteiger partial charge in [0.2, 0.25) is 11.8 Å². The molecule has 1 unspecified atom stereocenters. The fourth-order valence-electron chi connectivity index (χ4n) is 3.20. The first kappa shape index (κ1) is 19.4. The third kappa shape index (κ3) is 5.14. The molecule has 3 aromatic rings. The molecule has 0 bridgehead atoms. The van der Waals surface area contributed by atoms with E-state index in [1.54, 1.807) is 42.6 Å². The van der Waals surface area contributed by atoms with Gasteiger partial charge in [-0.05, 0) is 42.3 Å². The second-order valence-electron chi connectivity index (χ2n) is 6.87. The number of hydrogen-bond acceptors (Lipinski definition) is 5. The van der Waals surface area contributed by atoms with Gasteiger partial charge in [0.05, 0.1) is 6.04 Å². The molecule has 1 aliphatic heterocycles. The summed E-state index contributed by atoms with van der Waals surface area (Å²) in [7, 11) is 0. The molecule has 1 fully saturated rings. The lowest BCUT2D eigenvalue weighted by molar-refractivity contribution is -0.119. The molecule has 0 radical (unpaired) electrons. The SMILES string of the molecule is O=C(COc1cccc(Oc2ccccn2)c1)Nc1cccc(C2CCC(=O)N2)c1. The van der Waals surface area contributed by atoms with E-state index in [2.05, 4.69) is 15.6 Å². The average Bonchev–Trinajstić information content (AvgIpc) is 3.20. The third-order valence-corrected chi connectivity index (χ3v) is 4.60. The van der Waals surface area contributed by atoms with Crippen LogP contribution in [0.5, 0.6) is 17.4 Å². The molecule has 7 heteroatoms. The minimum atomic E-state index is -0.279. The van der Waals surface area contributed by atoms with Gasteiger partial charge < -0.3 is 20.1 Å². The summed E-state index contributed by atoms with van der Waals surface area (Å²) < 4.78 is 11.3. The molecule has 1 saturated heterocycles. The van der Waals surface area contributed by atoms with Crippen LogP contribution >= 0.6 is 0 Å². The zero-order valence-electron chi connectivity index (χ0n) is 16.2. The van der Waals surface area contributed by atoms with Crippen molar-refractivity contribution in [2.24, 2.45) is 0 Å². The van der Waals surface area contributed by atoms with E-state index in [9.17, 15) is 9.59 Å². The Morgan fingerprint density at radius 2 is 1.93 bits per heavy atom. The zero-order valence-corrected chi connectivity index (χ0v) is 16.2. The lowest BCUT2D eigenvalue weighted by Gasteiger charge is -2.13. The van der Waals surface area contributed by atoms with Crippen molar-refractivity contribution < 1.29 is 19.1 Å². The number of aromatic nitrogens is 1. The Balaban J connectivity index is 1.32. The van der Waals surface area contributed by atoms with Gasteiger partial charge in [0.25, 0.3) is 5.91 Å². The van der Waals surface area contributed by atoms with Crippen LogP contribution in [0.2, 0.25) is 0 Å². The minimum Gasteiger partial charge on any atom is -0.484 e. The standard InChI is InChI=1S/C23H21N3O4/c27-21-11-10-20(26-21)16-5-3-6-17(13-16)25-22(28)15-29-18-7-4-8-19(14-18)30-23-9-1-2-12-24-23/h1-9,12-14,20H,10-11,15H2,(H,25,28)(H,26,27). The minimum absolute atomic E-state index is 0.00699. The summed E-state index contributed by atoms with van der Waals surface area (Å²) in [6.07, 6.45) is 2.93. The van der Waals surface area contributed by atoms with Gasteiger partial charge in [-0.1, -0.05) is 24.3 Å². The Morgan fingerprint density at radius 1 is 1.07 bits per heavy atom. The van der Waals surface area contributed by atoms with Gasteiger partial charge in [0, 0.05) is 30.4 Å². The van der Waals surface area contributed by atoms with Crippen LogP contribution in [0.1, 0.15) is 24.4 Å². The number of nitrogens with one attached hydrogen (secondary N) is 2. The highest BCUT2D eigenvalue weighted by molar-refractivity contribution is 5.92. The van der Waals surface area contributed by atoms with Gasteiger partial charge in [-0.2, -0.15) is 0 Å². The average molecular weight is 403 g/mol. The van der Waals surface area contributed by atoms with Gasteiger partial charge in [0.15, 0.2) is 6.61 Å². The Bertz CT molecular complexity index is 1040. The second-order valence-corrected chi connectivity index (χ2v) is 6.87. The quantitative estimate of drug-likeness (QED) is 0.626. The number of carbonyl (C=O) groups excluding carboxylic acids is 2. The summed E-state index contributed by atoms with van der Waals surface area (Å²) in [5.41, 5.74) is 1.63. The van der Waals surface area contributed by atoms with Crippen molar-refractivity contribution in [2.75, 3.05) is 11.9 Å². The molecule has 2 N–H and O–H groups in total. The summed E-state index contributed by atoms with van der Waals surface area (Å²) in [4.78, 5) is 27.8. The fraction of sp³-hybridized carbons (Fsp3) is 0.174. The van der Waals surface area contributed by atoms with E-state index >= 15 is 0 Å². The van der Waals surface area contributed by atoms with E-state index in [1.807, 2.05) is 30.3 Å². The maximum Gasteiger partial charge on any atom is 0.262 e. The Morgan fingerprint density at radius 3 is 2.73 bits per heavy atom. The summed E-state index contributed by atoms with van der Waals surface area (Å²) >= 11 is 0. The Labute approximate surface area is 174 Å². The van der Waals surface area contributed by atoms with Gasteiger partial charge in [-0.15, -0.1) is 0 Å². The molecule has 1 aliphatic rings. The van der Waals surface area contributed by atoms with E-state index in [4.69, 9.17) is 9.47 Å². The van der Waals surface area contributed by atoms with Crippen LogP contribution in [0.3, 0.4) is 0 Å². The highest BCUT2D eigenvalue weighted by Crippen LogP contribution is 2.26. The molecular weight excluding hydrogens is 382 g/mol. The number of nitrogens with zero attached hydrogens (tertiary/aromatic N) is 1. The molecule has 0 spiro atoms. The number of hydrogen-bond donors (Lipinski definition) is 2. The number of carbonyl (C=O) groups is 2. The van der Waals surface area contributed by atoms with Gasteiger partial charge in [0.1, 0.15) is 11.5 Å². The van der Waals surface area contributed by atoms with Crippen molar-refractivity contribution in [3.05, 3.63) is 78.5 Å². The normalized spacial score (nSPS) is 15.3. The van der Waals surface area contributed by atoms with Crippen LogP contribution in [-0.4, -0.2) is 23.4 Å². The Hall–Kier alpha value is -3.87. The molecule has 152 valence electrons. The van der Waals surface area contributed by atoms with Crippen LogP contribution in [0.25, 0.3) is 0 Å². The number of rotatable bonds is 7. The smallest absolute Gasteiger partial charge is 0.262 e. The van der Waals surface area contributed by atoms with Crippen molar-refractivity contribution in [1.29, 1.82) is 0 Å². The second kappa shape index (κ2) is 9.09. The van der Waals surface area contributed by atoms with Gasteiger partial charge >= 0.3 is 0 Å². The largest absolute Gasteiger partial charge is 0.484 e. The Kier molecular flexibility index (Phi) is 5.89. The molecule has 30 heavy (non-hydrogen) atoms. The van der Waals surface area contributed by atoms with Gasteiger partial charge in [-0.25, -0.2) is 4.98 Å². The lowest BCUT2D eigenvalue weighted by atomic mass is 10.0. The number of benzene rings is 2. The topological polar surface area (TPSA) is 89.6 Å². The van der Waals surface area contributed by atoms with Crippen LogP contribution in [0.15, 0.2) is 72.9 Å². The van der Waals surface area contributed by atoms with Crippen LogP contribution in [-0.2, 0) is 9.59 Å². The first-order valence-corrected chi connectivity index (χ1v) is 9.67. The number of amides is 2. The number of pyridine rings is 1. The van der Waals surface area contributed by atoms with E-state index in [-0.39, 0.29) is 24.5 Å². The first-order chi connectivity index (χ1) is 14.7. The van der Waals surface area contributed by atoms with E-state index < -0.39 is 0 Å². The monoisotopic (exact) mass is 403 g/mol. The maximum absolute atomic E-state index is 12.3. The highest BCUT2D eigenvalue weighted by Gasteiger charge is 2.22. The third-order valence-electron chi connectivity index (χ3n) is 4.60. The van der Waals surface area contributed by atoms with Crippen molar-refractivity contribution >= 4 is 17.5 Å². The molecule has 0 saturated carbocycles. The van der Waals surface area contributed by atoms with E-state index in [0.717, 1.165) is 12.0 Å². The molecule has 1 aromatic heterocycles. The summed E-state index contributed by atoms with van der Waals surface area (Å²) in [5.74, 6) is 1.33. The molecule has 2 amide bonds. The van der Waals surface area contributed by atoms with Gasteiger partial charge in [-0.3, -0.25) is 9.59 Å². The molecule has 0 aliphatic carbocycles. The van der Waals surface area contributed by atoms with Crippen LogP contribution < -0.4 is 20.1 Å². The number of anilines is 1. The predicted molar refractivity (Wildman–Crippen MR) is 111 cm³/mol. The van der Waals surface area contributed by atoms with Crippen LogP contribution in [0, 0.1) is 0 Å².